The molecule has 3 aromatic heterocycles. The largest absolute Gasteiger partial charge is 0.228 e. The van der Waals surface area contributed by atoms with E-state index in [0.29, 0.717) is 40.8 Å². The van der Waals surface area contributed by atoms with Crippen molar-refractivity contribution in [1.82, 2.24) is 39.9 Å². The van der Waals surface area contributed by atoms with E-state index in [1.165, 1.54) is 119 Å². The Morgan fingerprint density at radius 2 is 0.222 bits per heavy atom. The highest BCUT2D eigenvalue weighted by Gasteiger charge is 2.22. The fourth-order valence-corrected chi connectivity index (χ4v) is 20.4. The average molecular weight is 1830 g/mol. The standard InChI is InChI=1S/C46H30N2.2C45H29N3/c1-3-13-31(14-4-1)44-30-45(32-15-5-2-6-16-32)48-46(47-44)37-20-12-19-35(28-37)33-17-11-18-34(27-33)36-25-26-42-40-23-8-7-21-38(40)39-22-9-10-24-41(39)43(42)29-36;1-3-13-30(14-4-1)32-17-11-19-34(27-32)43-46-44(35-20-12-18-33(28-35)31-15-5-2-6-16-31)48-45(47-43)36-25-26-41-39-23-8-7-21-37(39)38-22-9-10-24-40(38)42(41)29-36;1-3-13-30(14-4-1)43-46-44(31-15-5-2-6-16-31)48-45(47-43)36-20-12-19-34(28-36)32-17-11-18-33(27-32)35-25-26-41-39-23-8-7-21-37(39)38-22-9-10-24-40(38)42(41)29-35/h1-30H;2*1-29H. The van der Waals surface area contributed by atoms with E-state index in [1.54, 1.807) is 0 Å². The van der Waals surface area contributed by atoms with E-state index in [2.05, 4.69) is 425 Å². The third kappa shape index (κ3) is 17.1. The fraction of sp³-hybridized carbons (Fsp3) is 0. The molecule has 8 heteroatoms. The first kappa shape index (κ1) is 86.3. The summed E-state index contributed by atoms with van der Waals surface area (Å²) in [5.41, 5.74) is 24.4. The average Bonchev–Trinajstić information content (AvgIpc) is 0.741. The SMILES string of the molecule is c1ccc(-c2cc(-c3ccccc3)nc(-c3cccc(-c4cccc(-c5ccc6c7ccccc7c7ccccc7c6c5)c4)c3)n2)cc1.c1ccc(-c2cccc(-c3nc(-c4cccc(-c5ccccc5)c4)nc(-c4ccc5c6ccccc6c6ccccc6c5c4)n3)c2)cc1.c1ccc(-c2nc(-c3ccccc3)nc(-c3cccc(-c4cccc(-c5ccc6c7ccccc7c7ccccc7c6c5)c4)c3)n2)cc1. The van der Waals surface area contributed by atoms with Gasteiger partial charge in [0.2, 0.25) is 0 Å². The van der Waals surface area contributed by atoms with E-state index in [-0.39, 0.29) is 0 Å². The topological polar surface area (TPSA) is 103 Å². The first-order valence-electron chi connectivity index (χ1n) is 48.7. The molecule has 0 saturated carbocycles. The highest BCUT2D eigenvalue weighted by atomic mass is 15.0. The second kappa shape index (κ2) is 38.2. The number of hydrogen-bond donors (Lipinski definition) is 0. The molecule has 3 heterocycles. The van der Waals surface area contributed by atoms with Crippen molar-refractivity contribution in [3.05, 3.63) is 534 Å². The summed E-state index contributed by atoms with van der Waals surface area (Å²) < 4.78 is 0. The molecule has 0 N–H and O–H groups in total. The van der Waals surface area contributed by atoms with Crippen LogP contribution in [0.15, 0.2) is 534 Å². The quantitative estimate of drug-likeness (QED) is 0.0935. The van der Waals surface area contributed by atoms with Gasteiger partial charge in [-0.25, -0.2) is 39.9 Å². The molecule has 0 radical (unpaired) electrons. The van der Waals surface area contributed by atoms with Crippen LogP contribution in [-0.2, 0) is 0 Å². The number of rotatable bonds is 15. The molecule has 0 atom stereocenters. The number of nitrogens with zero attached hydrogens (tertiary/aromatic N) is 8. The highest BCUT2D eigenvalue weighted by molar-refractivity contribution is 6.28. The molecule has 24 aromatic carbocycles. The first-order chi connectivity index (χ1) is 71.3. The lowest BCUT2D eigenvalue weighted by atomic mass is 9.91. The monoisotopic (exact) mass is 1830 g/mol. The molecule has 27 rings (SSSR count). The van der Waals surface area contributed by atoms with Crippen LogP contribution in [0.2, 0.25) is 0 Å². The minimum Gasteiger partial charge on any atom is -0.228 e. The Labute approximate surface area is 833 Å². The van der Waals surface area contributed by atoms with Crippen LogP contribution in [-0.4, -0.2) is 39.9 Å². The molecule has 144 heavy (non-hydrogen) atoms. The van der Waals surface area contributed by atoms with Crippen LogP contribution in [0.3, 0.4) is 0 Å². The Kier molecular flexibility index (Phi) is 22.9. The summed E-state index contributed by atoms with van der Waals surface area (Å²) >= 11 is 0. The molecule has 8 nitrogen and oxygen atoms in total. The summed E-state index contributed by atoms with van der Waals surface area (Å²) in [6.07, 6.45) is 0. The van der Waals surface area contributed by atoms with Gasteiger partial charge in [-0.05, 0) is 224 Å². The van der Waals surface area contributed by atoms with Gasteiger partial charge in [-0.3, -0.25) is 0 Å². The Morgan fingerprint density at radius 1 is 0.0764 bits per heavy atom. The fourth-order valence-electron chi connectivity index (χ4n) is 20.4. The van der Waals surface area contributed by atoms with Crippen molar-refractivity contribution in [2.24, 2.45) is 0 Å². The van der Waals surface area contributed by atoms with Crippen LogP contribution < -0.4 is 0 Å². The van der Waals surface area contributed by atoms with E-state index in [9.17, 15) is 0 Å². The Hall–Kier alpha value is -19.3. The van der Waals surface area contributed by atoms with Crippen molar-refractivity contribution in [1.29, 1.82) is 0 Å². The molecule has 0 aliphatic carbocycles. The van der Waals surface area contributed by atoms with Crippen molar-refractivity contribution in [2.75, 3.05) is 0 Å². The minimum atomic E-state index is 0.640. The molecular formula is C136H88N8. The third-order valence-corrected chi connectivity index (χ3v) is 27.4. The van der Waals surface area contributed by atoms with Crippen molar-refractivity contribution < 1.29 is 0 Å². The summed E-state index contributed by atoms with van der Waals surface area (Å²) in [6, 6.07) is 188. The van der Waals surface area contributed by atoms with Crippen molar-refractivity contribution in [3.63, 3.8) is 0 Å². The van der Waals surface area contributed by atoms with Crippen molar-refractivity contribution >= 4 is 97.0 Å². The molecule has 0 fully saturated rings. The molecule has 27 aromatic rings. The van der Waals surface area contributed by atoms with E-state index in [1.807, 2.05) is 109 Å². The van der Waals surface area contributed by atoms with Gasteiger partial charge in [0, 0.05) is 50.1 Å². The maximum absolute atomic E-state index is 5.14. The Bertz CT molecular complexity index is 8890. The van der Waals surface area contributed by atoms with Gasteiger partial charge in [-0.1, -0.05) is 473 Å². The maximum Gasteiger partial charge on any atom is 0.164 e. The minimum absolute atomic E-state index is 0.640. The molecule has 0 unspecified atom stereocenters. The van der Waals surface area contributed by atoms with E-state index < -0.39 is 0 Å². The van der Waals surface area contributed by atoms with Gasteiger partial charge in [0.1, 0.15) is 0 Å². The Balaban J connectivity index is 0.000000113. The molecule has 0 amide bonds. The molecule has 0 aliphatic heterocycles. The van der Waals surface area contributed by atoms with Gasteiger partial charge in [0.15, 0.2) is 40.8 Å². The lowest BCUT2D eigenvalue weighted by Gasteiger charge is -2.13. The summed E-state index contributed by atoms with van der Waals surface area (Å²) in [4.78, 5) is 40.3. The zero-order chi connectivity index (χ0) is 95.6. The van der Waals surface area contributed by atoms with E-state index in [4.69, 9.17) is 39.9 Å². The molecule has 0 spiro atoms. The van der Waals surface area contributed by atoms with E-state index >= 15 is 0 Å². The van der Waals surface area contributed by atoms with Crippen LogP contribution in [0.25, 0.3) is 266 Å². The van der Waals surface area contributed by atoms with Crippen molar-refractivity contribution in [2.45, 2.75) is 0 Å². The molecular weight excluding hydrogens is 1750 g/mol. The molecule has 672 valence electrons. The van der Waals surface area contributed by atoms with Gasteiger partial charge in [0.25, 0.3) is 0 Å². The zero-order valence-electron chi connectivity index (χ0n) is 78.4. The second-order valence-corrected chi connectivity index (χ2v) is 36.3. The summed E-state index contributed by atoms with van der Waals surface area (Å²) in [6.45, 7) is 0. The molecule has 0 saturated heterocycles. The summed E-state index contributed by atoms with van der Waals surface area (Å²) in [7, 11) is 0. The smallest absolute Gasteiger partial charge is 0.164 e. The van der Waals surface area contributed by atoms with Crippen LogP contribution >= 0.6 is 0 Å². The van der Waals surface area contributed by atoms with Crippen LogP contribution in [0.5, 0.6) is 0 Å². The van der Waals surface area contributed by atoms with Crippen LogP contribution in [0.4, 0.5) is 0 Å². The summed E-state index contributed by atoms with van der Waals surface area (Å²) in [5.74, 6) is 4.59. The van der Waals surface area contributed by atoms with E-state index in [0.717, 1.165) is 106 Å². The normalized spacial score (nSPS) is 11.3. The van der Waals surface area contributed by atoms with Gasteiger partial charge in [0.05, 0.1) is 11.4 Å². The Morgan fingerprint density at radius 3 is 0.472 bits per heavy atom. The predicted octanol–water partition coefficient (Wildman–Crippen LogP) is 35.6. The van der Waals surface area contributed by atoms with Crippen molar-refractivity contribution in [3.8, 4) is 169 Å². The van der Waals surface area contributed by atoms with Gasteiger partial charge < -0.3 is 0 Å². The number of hydrogen-bond acceptors (Lipinski definition) is 8. The van der Waals surface area contributed by atoms with Gasteiger partial charge in [-0.2, -0.15) is 0 Å². The second-order valence-electron chi connectivity index (χ2n) is 36.3. The number of benzene rings is 24. The third-order valence-electron chi connectivity index (χ3n) is 27.4. The van der Waals surface area contributed by atoms with Crippen LogP contribution in [0.1, 0.15) is 0 Å². The highest BCUT2D eigenvalue weighted by Crippen LogP contribution is 2.45. The number of fused-ring (bicyclic) bond motifs is 18. The first-order valence-corrected chi connectivity index (χ1v) is 48.7. The van der Waals surface area contributed by atoms with Crippen LogP contribution in [0, 0.1) is 0 Å². The summed E-state index contributed by atoms with van der Waals surface area (Å²) in [5, 5.41) is 22.8. The molecule has 0 bridgehead atoms. The predicted molar refractivity (Wildman–Crippen MR) is 601 cm³/mol. The van der Waals surface area contributed by atoms with Gasteiger partial charge in [-0.15, -0.1) is 0 Å². The maximum atomic E-state index is 5.14. The zero-order valence-corrected chi connectivity index (χ0v) is 78.4. The number of aromatic nitrogens is 8. The van der Waals surface area contributed by atoms with Gasteiger partial charge >= 0.3 is 0 Å². The molecule has 0 aliphatic rings. The lowest BCUT2D eigenvalue weighted by molar-refractivity contribution is 1.07. The lowest BCUT2D eigenvalue weighted by Crippen LogP contribution is -2.00.